The minimum Gasteiger partial charge on any atom is -0.355 e. The van der Waals surface area contributed by atoms with E-state index in [0.29, 0.717) is 0 Å². The molecule has 2 aromatic heterocycles. The summed E-state index contributed by atoms with van der Waals surface area (Å²) in [5.74, 6) is 0.922. The van der Waals surface area contributed by atoms with Crippen molar-refractivity contribution in [2.75, 3.05) is 5.32 Å². The van der Waals surface area contributed by atoms with Crippen molar-refractivity contribution in [3.05, 3.63) is 27.2 Å². The zero-order valence-electron chi connectivity index (χ0n) is 9.70. The number of nitrogens with zero attached hydrogens (tertiary/aromatic N) is 2. The maximum atomic E-state index is 4.37. The Bertz CT molecular complexity index is 454. The second-order valence-corrected chi connectivity index (χ2v) is 5.77. The van der Waals surface area contributed by atoms with Crippen LogP contribution in [0.25, 0.3) is 0 Å². The van der Waals surface area contributed by atoms with E-state index in [9.17, 15) is 0 Å². The van der Waals surface area contributed by atoms with Crippen LogP contribution in [0.5, 0.6) is 0 Å². The molecule has 2 rings (SSSR count). The van der Waals surface area contributed by atoms with Crippen LogP contribution in [0.3, 0.4) is 0 Å². The van der Waals surface area contributed by atoms with E-state index < -0.39 is 0 Å². The van der Waals surface area contributed by atoms with Gasteiger partial charge in [0, 0.05) is 27.7 Å². The maximum absolute atomic E-state index is 4.37. The molecule has 5 heteroatoms. The highest BCUT2D eigenvalue weighted by atomic mass is 32.1. The summed E-state index contributed by atoms with van der Waals surface area (Å²) in [6.45, 7) is 7.22. The first-order valence-corrected chi connectivity index (χ1v) is 6.90. The zero-order valence-corrected chi connectivity index (χ0v) is 11.3. The van der Waals surface area contributed by atoms with Crippen LogP contribution in [0, 0.1) is 13.8 Å². The van der Waals surface area contributed by atoms with Gasteiger partial charge in [-0.1, -0.05) is 6.92 Å². The Hall–Kier alpha value is -0.940. The Morgan fingerprint density at radius 2 is 2.19 bits per heavy atom. The van der Waals surface area contributed by atoms with Gasteiger partial charge in [0.2, 0.25) is 5.13 Å². The number of anilines is 1. The highest BCUT2D eigenvalue weighted by Gasteiger charge is 2.04. The molecule has 0 fully saturated rings. The van der Waals surface area contributed by atoms with Gasteiger partial charge in [0.25, 0.3) is 0 Å². The van der Waals surface area contributed by atoms with Crippen LogP contribution in [0.2, 0.25) is 0 Å². The zero-order chi connectivity index (χ0) is 11.5. The van der Waals surface area contributed by atoms with Crippen molar-refractivity contribution in [1.29, 1.82) is 0 Å². The van der Waals surface area contributed by atoms with Gasteiger partial charge in [-0.15, -0.1) is 11.3 Å². The van der Waals surface area contributed by atoms with E-state index in [0.717, 1.165) is 23.9 Å². The monoisotopic (exact) mass is 253 g/mol. The summed E-state index contributed by atoms with van der Waals surface area (Å²) in [7, 11) is 0. The van der Waals surface area contributed by atoms with Crippen LogP contribution in [0.1, 0.15) is 28.1 Å². The summed E-state index contributed by atoms with van der Waals surface area (Å²) in [5, 5.41) is 4.23. The Balaban J connectivity index is 1.96. The largest absolute Gasteiger partial charge is 0.355 e. The first kappa shape index (κ1) is 11.5. The molecule has 16 heavy (non-hydrogen) atoms. The predicted molar refractivity (Wildman–Crippen MR) is 70.4 cm³/mol. The molecule has 2 aromatic rings. The maximum Gasteiger partial charge on any atom is 0.202 e. The lowest BCUT2D eigenvalue weighted by atomic mass is 10.3. The second-order valence-electron chi connectivity index (χ2n) is 3.67. The van der Waals surface area contributed by atoms with Crippen molar-refractivity contribution in [1.82, 2.24) is 9.36 Å². The van der Waals surface area contributed by atoms with E-state index in [2.05, 4.69) is 41.5 Å². The molecule has 0 spiro atoms. The quantitative estimate of drug-likeness (QED) is 0.907. The first-order valence-electron chi connectivity index (χ1n) is 5.31. The lowest BCUT2D eigenvalue weighted by Crippen LogP contribution is -1.96. The molecule has 0 unspecified atom stereocenters. The number of rotatable bonds is 4. The van der Waals surface area contributed by atoms with E-state index in [4.69, 9.17) is 0 Å². The van der Waals surface area contributed by atoms with Crippen molar-refractivity contribution in [3.8, 4) is 0 Å². The fourth-order valence-electron chi connectivity index (χ4n) is 1.37. The van der Waals surface area contributed by atoms with E-state index in [1.54, 1.807) is 0 Å². The standard InChI is InChI=1S/C11H15N3S2/c1-4-10-13-11(16-14-10)12-6-9-5-7(2)8(3)15-9/h5H,4,6H2,1-3H3,(H,12,13,14). The molecule has 0 aliphatic carbocycles. The minimum atomic E-state index is 0.845. The third-order valence-electron chi connectivity index (χ3n) is 2.42. The predicted octanol–water partition coefficient (Wildman–Crippen LogP) is 3.39. The molecule has 86 valence electrons. The molecule has 2 heterocycles. The summed E-state index contributed by atoms with van der Waals surface area (Å²) < 4.78 is 4.24. The Kier molecular flexibility index (Phi) is 3.56. The van der Waals surface area contributed by atoms with Crippen molar-refractivity contribution in [3.63, 3.8) is 0 Å². The normalized spacial score (nSPS) is 10.7. The molecule has 0 atom stereocenters. The van der Waals surface area contributed by atoms with E-state index in [-0.39, 0.29) is 0 Å². The number of aromatic nitrogens is 2. The molecule has 0 radical (unpaired) electrons. The average Bonchev–Trinajstić information content (AvgIpc) is 2.84. The summed E-state index contributed by atoms with van der Waals surface area (Å²) in [6.07, 6.45) is 0.898. The van der Waals surface area contributed by atoms with E-state index in [1.807, 2.05) is 11.3 Å². The summed E-state index contributed by atoms with van der Waals surface area (Å²) in [5.41, 5.74) is 1.37. The van der Waals surface area contributed by atoms with Gasteiger partial charge in [-0.05, 0) is 25.5 Å². The topological polar surface area (TPSA) is 37.8 Å². The molecule has 3 nitrogen and oxygen atoms in total. The smallest absolute Gasteiger partial charge is 0.202 e. The van der Waals surface area contributed by atoms with Crippen molar-refractivity contribution < 1.29 is 0 Å². The molecule has 1 N–H and O–H groups in total. The van der Waals surface area contributed by atoms with Gasteiger partial charge in [0.15, 0.2) is 0 Å². The van der Waals surface area contributed by atoms with Gasteiger partial charge in [0.05, 0.1) is 6.54 Å². The summed E-state index contributed by atoms with van der Waals surface area (Å²) in [4.78, 5) is 7.12. The lowest BCUT2D eigenvalue weighted by molar-refractivity contribution is 0.994. The molecule has 0 saturated carbocycles. The molecule has 0 saturated heterocycles. The lowest BCUT2D eigenvalue weighted by Gasteiger charge is -1.97. The van der Waals surface area contributed by atoms with Crippen LogP contribution in [0.15, 0.2) is 6.07 Å². The van der Waals surface area contributed by atoms with E-state index in [1.165, 1.54) is 26.9 Å². The minimum absolute atomic E-state index is 0.845. The van der Waals surface area contributed by atoms with Crippen LogP contribution in [0.4, 0.5) is 5.13 Å². The first-order chi connectivity index (χ1) is 7.69. The van der Waals surface area contributed by atoms with Gasteiger partial charge in [0.1, 0.15) is 5.82 Å². The fourth-order valence-corrected chi connectivity index (χ4v) is 3.01. The Morgan fingerprint density at radius 3 is 2.75 bits per heavy atom. The molecular formula is C11H15N3S2. The van der Waals surface area contributed by atoms with Gasteiger partial charge >= 0.3 is 0 Å². The highest BCUT2D eigenvalue weighted by Crippen LogP contribution is 2.22. The summed E-state index contributed by atoms with van der Waals surface area (Å²) in [6, 6.07) is 2.23. The molecule has 0 aromatic carbocycles. The van der Waals surface area contributed by atoms with Gasteiger partial charge < -0.3 is 5.32 Å². The molecule has 0 aliphatic rings. The van der Waals surface area contributed by atoms with Crippen LogP contribution < -0.4 is 5.32 Å². The third kappa shape index (κ3) is 2.59. The third-order valence-corrected chi connectivity index (χ3v) is 4.28. The molecule has 0 aliphatic heterocycles. The van der Waals surface area contributed by atoms with Crippen molar-refractivity contribution >= 4 is 28.0 Å². The Morgan fingerprint density at radius 1 is 1.38 bits per heavy atom. The van der Waals surface area contributed by atoms with E-state index >= 15 is 0 Å². The van der Waals surface area contributed by atoms with Crippen molar-refractivity contribution in [2.24, 2.45) is 0 Å². The molecular weight excluding hydrogens is 238 g/mol. The van der Waals surface area contributed by atoms with Crippen molar-refractivity contribution in [2.45, 2.75) is 33.7 Å². The Labute approximate surface area is 104 Å². The van der Waals surface area contributed by atoms with Gasteiger partial charge in [-0.25, -0.2) is 4.98 Å². The average molecular weight is 253 g/mol. The highest BCUT2D eigenvalue weighted by molar-refractivity contribution is 7.12. The van der Waals surface area contributed by atoms with Crippen LogP contribution >= 0.6 is 22.9 Å². The number of hydrogen-bond acceptors (Lipinski definition) is 5. The second kappa shape index (κ2) is 4.93. The van der Waals surface area contributed by atoms with Crippen LogP contribution in [-0.2, 0) is 13.0 Å². The van der Waals surface area contributed by atoms with Gasteiger partial charge in [-0.2, -0.15) is 4.37 Å². The number of nitrogens with one attached hydrogen (secondary N) is 1. The number of thiophene rings is 1. The van der Waals surface area contributed by atoms with Crippen LogP contribution in [-0.4, -0.2) is 9.36 Å². The van der Waals surface area contributed by atoms with Gasteiger partial charge in [-0.3, -0.25) is 0 Å². The number of aryl methyl sites for hydroxylation is 3. The number of hydrogen-bond donors (Lipinski definition) is 1. The SMILES string of the molecule is CCc1nsc(NCc2cc(C)c(C)s2)n1. The molecule has 0 amide bonds. The molecule has 0 bridgehead atoms. The summed E-state index contributed by atoms with van der Waals surface area (Å²) >= 11 is 3.28. The fraction of sp³-hybridized carbons (Fsp3) is 0.455.